The maximum absolute atomic E-state index is 13.3. The molecule has 0 aromatic carbocycles. The second kappa shape index (κ2) is 9.70. The van der Waals surface area contributed by atoms with Gasteiger partial charge in [-0.3, -0.25) is 9.59 Å². The van der Waals surface area contributed by atoms with Crippen molar-refractivity contribution in [1.82, 2.24) is 15.5 Å². The number of amides is 2. The molecule has 4 atom stereocenters. The molecule has 2 N–H and O–H groups in total. The number of hydrogen-bond acceptors (Lipinski definition) is 3. The highest BCUT2D eigenvalue weighted by Crippen LogP contribution is 2.72. The number of carbonyl (C=O) groups excluding carboxylic acids is 2. The van der Waals surface area contributed by atoms with E-state index in [0.29, 0.717) is 6.54 Å². The van der Waals surface area contributed by atoms with Crippen molar-refractivity contribution < 1.29 is 9.59 Å². The van der Waals surface area contributed by atoms with Crippen LogP contribution in [0.3, 0.4) is 0 Å². The van der Waals surface area contributed by atoms with Crippen molar-refractivity contribution >= 4 is 11.8 Å². The smallest absolute Gasteiger partial charge is 0.224 e. The fourth-order valence-electron chi connectivity index (χ4n) is 7.10. The number of unbranched alkanes of at least 4 members (excludes halogenated alkanes) is 1. The van der Waals surface area contributed by atoms with Crippen LogP contribution in [0.5, 0.6) is 0 Å². The molecule has 0 unspecified atom stereocenters. The summed E-state index contributed by atoms with van der Waals surface area (Å²) in [7, 11) is 0. The summed E-state index contributed by atoms with van der Waals surface area (Å²) in [5.41, 5.74) is 1.71. The maximum Gasteiger partial charge on any atom is 0.224 e. The minimum atomic E-state index is -0.183. The number of carbonyl (C=O) groups is 2. The molecule has 176 valence electrons. The average molecular weight is 440 g/mol. The van der Waals surface area contributed by atoms with Crippen molar-refractivity contribution in [2.24, 2.45) is 29.1 Å². The predicted molar refractivity (Wildman–Crippen MR) is 127 cm³/mol. The molecule has 1 saturated heterocycles. The average Bonchev–Trinajstić information content (AvgIpc) is 3.17. The van der Waals surface area contributed by atoms with Crippen LogP contribution in [-0.2, 0) is 9.59 Å². The van der Waals surface area contributed by atoms with Crippen molar-refractivity contribution in [3.05, 3.63) is 23.8 Å². The molecule has 5 heteroatoms. The molecule has 2 amide bonds. The van der Waals surface area contributed by atoms with Gasteiger partial charge >= 0.3 is 0 Å². The Labute approximate surface area is 193 Å². The summed E-state index contributed by atoms with van der Waals surface area (Å²) in [5, 5.41) is 6.43. The minimum absolute atomic E-state index is 0.110. The first-order valence-electron chi connectivity index (χ1n) is 13.3. The van der Waals surface area contributed by atoms with Gasteiger partial charge in [0.2, 0.25) is 11.8 Å². The van der Waals surface area contributed by atoms with Crippen molar-refractivity contribution in [3.63, 3.8) is 0 Å². The first kappa shape index (κ1) is 22.2. The van der Waals surface area contributed by atoms with E-state index >= 15 is 0 Å². The molecular weight excluding hydrogens is 398 g/mol. The minimum Gasteiger partial charge on any atom is -0.356 e. The molecule has 5 nitrogen and oxygen atoms in total. The molecule has 0 aromatic heterocycles. The van der Waals surface area contributed by atoms with Gasteiger partial charge in [-0.1, -0.05) is 23.8 Å². The van der Waals surface area contributed by atoms with E-state index in [9.17, 15) is 9.59 Å². The number of nitrogens with one attached hydrogen (secondary N) is 2. The first-order valence-corrected chi connectivity index (χ1v) is 13.3. The van der Waals surface area contributed by atoms with Crippen molar-refractivity contribution in [2.75, 3.05) is 32.7 Å². The summed E-state index contributed by atoms with van der Waals surface area (Å²) in [4.78, 5) is 29.1. The topological polar surface area (TPSA) is 61.4 Å². The zero-order valence-corrected chi connectivity index (χ0v) is 19.6. The van der Waals surface area contributed by atoms with E-state index < -0.39 is 0 Å². The summed E-state index contributed by atoms with van der Waals surface area (Å²) in [5.74, 6) is 0.377. The van der Waals surface area contributed by atoms with Gasteiger partial charge in [0, 0.05) is 13.1 Å². The van der Waals surface area contributed by atoms with Gasteiger partial charge in [-0.05, 0) is 108 Å². The van der Waals surface area contributed by atoms with E-state index in [1.807, 2.05) is 0 Å². The van der Waals surface area contributed by atoms with Crippen LogP contribution in [0.1, 0.15) is 70.6 Å². The van der Waals surface area contributed by atoms with E-state index in [1.54, 1.807) is 0 Å². The lowest BCUT2D eigenvalue weighted by Gasteiger charge is -2.26. The van der Waals surface area contributed by atoms with Crippen LogP contribution in [0.4, 0.5) is 0 Å². The lowest BCUT2D eigenvalue weighted by Crippen LogP contribution is -2.44. The van der Waals surface area contributed by atoms with Gasteiger partial charge in [0.05, 0.1) is 11.8 Å². The first-order chi connectivity index (χ1) is 15.7. The van der Waals surface area contributed by atoms with Gasteiger partial charge in [-0.15, -0.1) is 0 Å². The predicted octanol–water partition coefficient (Wildman–Crippen LogP) is 3.81. The lowest BCUT2D eigenvalue weighted by atomic mass is 9.81. The fraction of sp³-hybridized carbons (Fsp3) is 0.778. The van der Waals surface area contributed by atoms with Crippen LogP contribution < -0.4 is 10.6 Å². The number of nitrogens with zero attached hydrogens (tertiary/aromatic N) is 1. The summed E-state index contributed by atoms with van der Waals surface area (Å²) in [6, 6.07) is 0. The van der Waals surface area contributed by atoms with E-state index in [4.69, 9.17) is 0 Å². The second-order valence-electron chi connectivity index (χ2n) is 10.9. The van der Waals surface area contributed by atoms with Gasteiger partial charge in [0.15, 0.2) is 0 Å². The quantitative estimate of drug-likeness (QED) is 0.402. The standard InChI is InChI=1S/C27H41N3O2/c31-25(28-15-4-5-17-30-18-6-7-19-30)23-21-10-11-22(27(21)13-14-27)24(23)26(32)29-16-12-20-8-2-1-3-9-20/h8,10-11,21-24H,1-7,9,12-19H2,(H,28,31)(H,29,32)/t21-,22-,23-,24-/m1/s1. The van der Waals surface area contributed by atoms with Crippen molar-refractivity contribution in [1.29, 1.82) is 0 Å². The Morgan fingerprint density at radius 1 is 0.906 bits per heavy atom. The molecule has 2 saturated carbocycles. The van der Waals surface area contributed by atoms with E-state index in [-0.39, 0.29) is 40.9 Å². The molecule has 1 heterocycles. The number of likely N-dealkylation sites (tertiary alicyclic amines) is 1. The Hall–Kier alpha value is -1.62. The number of hydrogen-bond donors (Lipinski definition) is 2. The lowest BCUT2D eigenvalue weighted by molar-refractivity contribution is -0.135. The van der Waals surface area contributed by atoms with E-state index in [0.717, 1.165) is 32.4 Å². The molecule has 0 aromatic rings. The Morgan fingerprint density at radius 3 is 2.22 bits per heavy atom. The number of rotatable bonds is 10. The Kier molecular flexibility index (Phi) is 6.73. The van der Waals surface area contributed by atoms with Crippen LogP contribution in [0, 0.1) is 29.1 Å². The highest BCUT2D eigenvalue weighted by molar-refractivity contribution is 5.90. The maximum atomic E-state index is 13.3. The van der Waals surface area contributed by atoms with Gasteiger partial charge in [0.1, 0.15) is 0 Å². The van der Waals surface area contributed by atoms with Gasteiger partial charge in [0.25, 0.3) is 0 Å². The third-order valence-electron chi connectivity index (χ3n) is 8.98. The molecule has 1 spiro atoms. The summed E-state index contributed by atoms with van der Waals surface area (Å²) < 4.78 is 0. The van der Waals surface area contributed by atoms with Crippen LogP contribution in [0.25, 0.3) is 0 Å². The summed E-state index contributed by atoms with van der Waals surface area (Å²) in [6.45, 7) is 5.07. The molecule has 5 rings (SSSR count). The zero-order chi connectivity index (χ0) is 22.0. The van der Waals surface area contributed by atoms with Crippen LogP contribution in [0.2, 0.25) is 0 Å². The van der Waals surface area contributed by atoms with Crippen LogP contribution in [-0.4, -0.2) is 49.4 Å². The van der Waals surface area contributed by atoms with E-state index in [1.165, 1.54) is 70.0 Å². The molecule has 0 radical (unpaired) electrons. The van der Waals surface area contributed by atoms with Gasteiger partial charge in [-0.25, -0.2) is 0 Å². The normalized spacial score (nSPS) is 32.3. The van der Waals surface area contributed by atoms with Crippen LogP contribution in [0.15, 0.2) is 23.8 Å². The Balaban J connectivity index is 1.13. The monoisotopic (exact) mass is 439 g/mol. The second-order valence-corrected chi connectivity index (χ2v) is 10.9. The molecule has 32 heavy (non-hydrogen) atoms. The number of allylic oxidation sites excluding steroid dienone is 3. The van der Waals surface area contributed by atoms with Crippen LogP contribution >= 0.6 is 0 Å². The molecule has 1 aliphatic heterocycles. The van der Waals surface area contributed by atoms with Gasteiger partial charge < -0.3 is 15.5 Å². The third kappa shape index (κ3) is 4.42. The van der Waals surface area contributed by atoms with Gasteiger partial charge in [-0.2, -0.15) is 0 Å². The largest absolute Gasteiger partial charge is 0.356 e. The highest BCUT2D eigenvalue weighted by atomic mass is 16.2. The summed E-state index contributed by atoms with van der Waals surface area (Å²) in [6.07, 6.45) is 19.9. The van der Waals surface area contributed by atoms with E-state index in [2.05, 4.69) is 33.8 Å². The molecule has 3 fully saturated rings. The van der Waals surface area contributed by atoms with Crippen molar-refractivity contribution in [2.45, 2.75) is 70.6 Å². The fourth-order valence-corrected chi connectivity index (χ4v) is 7.10. The molecule has 2 bridgehead atoms. The highest BCUT2D eigenvalue weighted by Gasteiger charge is 2.69. The Morgan fingerprint density at radius 2 is 1.59 bits per heavy atom. The molecule has 4 aliphatic carbocycles. The zero-order valence-electron chi connectivity index (χ0n) is 19.6. The molecule has 5 aliphatic rings. The Bertz CT molecular complexity index is 763. The molecular formula is C27H41N3O2. The van der Waals surface area contributed by atoms with Crippen molar-refractivity contribution in [3.8, 4) is 0 Å². The third-order valence-corrected chi connectivity index (χ3v) is 8.98. The SMILES string of the molecule is O=C(NCCCCN1CCCC1)[C@H]1[C@H](C(=O)NCCC2=CCCCC2)[C@H]2C=C[C@H]1C21CC1. The summed E-state index contributed by atoms with van der Waals surface area (Å²) >= 11 is 0.